The van der Waals surface area contributed by atoms with Crippen molar-refractivity contribution in [3.63, 3.8) is 0 Å². The van der Waals surface area contributed by atoms with Crippen molar-refractivity contribution in [1.82, 2.24) is 20.3 Å². The molecule has 0 saturated carbocycles. The number of nitrogens with zero attached hydrogens (tertiary/aromatic N) is 3. The van der Waals surface area contributed by atoms with Crippen molar-refractivity contribution in [3.05, 3.63) is 35.0 Å². The molecule has 2 rings (SSSR count). The van der Waals surface area contributed by atoms with Crippen LogP contribution in [-0.2, 0) is 13.1 Å². The molecule has 0 fully saturated rings. The highest BCUT2D eigenvalue weighted by atomic mass is 16.5. The molecular formula is C12H18N4O. The topological polar surface area (TPSA) is 55.9 Å². The Morgan fingerprint density at radius 1 is 1.41 bits per heavy atom. The van der Waals surface area contributed by atoms with Crippen molar-refractivity contribution in [1.29, 1.82) is 0 Å². The van der Waals surface area contributed by atoms with Crippen LogP contribution in [0, 0.1) is 13.8 Å². The van der Waals surface area contributed by atoms with Gasteiger partial charge in [-0.2, -0.15) is 5.10 Å². The summed E-state index contributed by atoms with van der Waals surface area (Å²) in [6.45, 7) is 8.69. The fourth-order valence-electron chi connectivity index (χ4n) is 1.87. The van der Waals surface area contributed by atoms with Crippen molar-refractivity contribution >= 4 is 0 Å². The van der Waals surface area contributed by atoms with Crippen molar-refractivity contribution < 1.29 is 4.52 Å². The van der Waals surface area contributed by atoms with E-state index in [4.69, 9.17) is 4.52 Å². The van der Waals surface area contributed by atoms with Crippen LogP contribution >= 0.6 is 0 Å². The Balaban J connectivity index is 2.18. The molecule has 0 unspecified atom stereocenters. The molecule has 2 heterocycles. The van der Waals surface area contributed by atoms with Crippen LogP contribution in [0.4, 0.5) is 0 Å². The quantitative estimate of drug-likeness (QED) is 0.854. The average Bonchev–Trinajstić information content (AvgIpc) is 2.89. The Hall–Kier alpha value is -1.62. The number of nitrogens with one attached hydrogen (secondary N) is 1. The van der Waals surface area contributed by atoms with Gasteiger partial charge >= 0.3 is 0 Å². The summed E-state index contributed by atoms with van der Waals surface area (Å²) in [4.78, 5) is 0. The van der Waals surface area contributed by atoms with Gasteiger partial charge in [0.05, 0.1) is 11.9 Å². The van der Waals surface area contributed by atoms with Gasteiger partial charge < -0.3 is 9.84 Å². The van der Waals surface area contributed by atoms with E-state index >= 15 is 0 Å². The number of aryl methyl sites for hydroxylation is 1. The lowest BCUT2D eigenvalue weighted by Crippen LogP contribution is -2.13. The highest BCUT2D eigenvalue weighted by Crippen LogP contribution is 2.14. The molecule has 0 aliphatic rings. The van der Waals surface area contributed by atoms with E-state index in [-0.39, 0.29) is 0 Å². The zero-order chi connectivity index (χ0) is 12.3. The third-order valence-electron chi connectivity index (χ3n) is 2.88. The highest BCUT2D eigenvalue weighted by Gasteiger charge is 2.11. The number of rotatable bonds is 5. The van der Waals surface area contributed by atoms with Gasteiger partial charge in [0.2, 0.25) is 0 Å². The maximum atomic E-state index is 5.10. The van der Waals surface area contributed by atoms with Crippen molar-refractivity contribution in [2.45, 2.75) is 33.9 Å². The van der Waals surface area contributed by atoms with Crippen LogP contribution in [0.1, 0.15) is 29.6 Å². The maximum absolute atomic E-state index is 5.10. The second-order valence-corrected chi connectivity index (χ2v) is 4.07. The Bertz CT molecular complexity index is 473. The first kappa shape index (κ1) is 11.9. The molecule has 0 radical (unpaired) electrons. The minimum atomic E-state index is 0.638. The van der Waals surface area contributed by atoms with Gasteiger partial charge in [0.15, 0.2) is 5.76 Å². The van der Waals surface area contributed by atoms with Gasteiger partial charge in [-0.1, -0.05) is 12.1 Å². The van der Waals surface area contributed by atoms with E-state index < -0.39 is 0 Å². The van der Waals surface area contributed by atoms with E-state index in [0.29, 0.717) is 6.54 Å². The Kier molecular flexibility index (Phi) is 3.58. The fraction of sp³-hybridized carbons (Fsp3) is 0.500. The van der Waals surface area contributed by atoms with Gasteiger partial charge in [-0.3, -0.25) is 4.68 Å². The first-order valence-electron chi connectivity index (χ1n) is 5.85. The lowest BCUT2D eigenvalue weighted by molar-refractivity contribution is 0.370. The van der Waals surface area contributed by atoms with E-state index in [1.54, 1.807) is 6.20 Å². The van der Waals surface area contributed by atoms with Crippen LogP contribution < -0.4 is 5.32 Å². The summed E-state index contributed by atoms with van der Waals surface area (Å²) in [6.07, 6.45) is 1.65. The third-order valence-corrected chi connectivity index (χ3v) is 2.88. The molecule has 2 aromatic rings. The molecule has 17 heavy (non-hydrogen) atoms. The van der Waals surface area contributed by atoms with E-state index in [9.17, 15) is 0 Å². The Morgan fingerprint density at radius 3 is 2.88 bits per heavy atom. The summed E-state index contributed by atoms with van der Waals surface area (Å²) >= 11 is 0. The number of hydrogen-bond acceptors (Lipinski definition) is 4. The van der Waals surface area contributed by atoms with Crippen LogP contribution in [0.25, 0.3) is 0 Å². The lowest BCUT2D eigenvalue weighted by atomic mass is 10.2. The van der Waals surface area contributed by atoms with Crippen LogP contribution in [0.5, 0.6) is 0 Å². The minimum Gasteiger partial charge on any atom is -0.359 e. The Morgan fingerprint density at radius 2 is 2.24 bits per heavy atom. The molecule has 0 spiro atoms. The van der Waals surface area contributed by atoms with E-state index in [1.165, 1.54) is 11.3 Å². The third kappa shape index (κ3) is 2.55. The SMILES string of the molecule is CCNCc1c(C)nn(Cc2ccno2)c1C. The standard InChI is InChI=1S/C12H18N4O/c1-4-13-7-12-9(2)15-16(10(12)3)8-11-5-6-14-17-11/h5-6,13H,4,7-8H2,1-3H3. The van der Waals surface area contributed by atoms with Gasteiger partial charge in [0, 0.05) is 23.9 Å². The van der Waals surface area contributed by atoms with E-state index in [1.807, 2.05) is 17.7 Å². The predicted octanol–water partition coefficient (Wildman–Crippen LogP) is 1.65. The number of aromatic nitrogens is 3. The summed E-state index contributed by atoms with van der Waals surface area (Å²) in [5.74, 6) is 0.825. The van der Waals surface area contributed by atoms with Crippen molar-refractivity contribution in [2.75, 3.05) is 6.54 Å². The second kappa shape index (κ2) is 5.14. The van der Waals surface area contributed by atoms with E-state index in [0.717, 1.165) is 24.5 Å². The number of hydrogen-bond donors (Lipinski definition) is 1. The minimum absolute atomic E-state index is 0.638. The molecular weight excluding hydrogens is 216 g/mol. The monoisotopic (exact) mass is 234 g/mol. The van der Waals surface area contributed by atoms with Crippen LogP contribution in [-0.4, -0.2) is 21.5 Å². The summed E-state index contributed by atoms with van der Waals surface area (Å²) in [7, 11) is 0. The molecule has 0 amide bonds. The van der Waals surface area contributed by atoms with Gasteiger partial charge in [0.25, 0.3) is 0 Å². The smallest absolute Gasteiger partial charge is 0.158 e. The van der Waals surface area contributed by atoms with Crippen LogP contribution in [0.3, 0.4) is 0 Å². The summed E-state index contributed by atoms with van der Waals surface area (Å²) in [6, 6.07) is 1.86. The average molecular weight is 234 g/mol. The zero-order valence-corrected chi connectivity index (χ0v) is 10.5. The van der Waals surface area contributed by atoms with Crippen LogP contribution in [0.2, 0.25) is 0 Å². The molecule has 92 valence electrons. The maximum Gasteiger partial charge on any atom is 0.158 e. The molecule has 0 aliphatic heterocycles. The van der Waals surface area contributed by atoms with Crippen molar-refractivity contribution in [3.8, 4) is 0 Å². The van der Waals surface area contributed by atoms with Gasteiger partial charge in [-0.25, -0.2) is 0 Å². The molecule has 0 saturated heterocycles. The normalized spacial score (nSPS) is 11.0. The van der Waals surface area contributed by atoms with E-state index in [2.05, 4.69) is 29.4 Å². The molecule has 0 aliphatic carbocycles. The fourth-order valence-corrected chi connectivity index (χ4v) is 1.87. The predicted molar refractivity (Wildman–Crippen MR) is 64.7 cm³/mol. The Labute approximate surface area is 101 Å². The summed E-state index contributed by atoms with van der Waals surface area (Å²) < 4.78 is 7.06. The molecule has 0 bridgehead atoms. The molecule has 0 aromatic carbocycles. The van der Waals surface area contributed by atoms with Crippen LogP contribution in [0.15, 0.2) is 16.8 Å². The van der Waals surface area contributed by atoms with Gasteiger partial charge in [-0.05, 0) is 20.4 Å². The molecule has 5 heteroatoms. The molecule has 2 aromatic heterocycles. The lowest BCUT2D eigenvalue weighted by Gasteiger charge is -2.03. The van der Waals surface area contributed by atoms with Gasteiger partial charge in [0.1, 0.15) is 6.54 Å². The van der Waals surface area contributed by atoms with Crippen molar-refractivity contribution in [2.24, 2.45) is 0 Å². The first-order valence-corrected chi connectivity index (χ1v) is 5.85. The summed E-state index contributed by atoms with van der Waals surface area (Å²) in [5, 5.41) is 11.6. The largest absolute Gasteiger partial charge is 0.359 e. The molecule has 0 atom stereocenters. The molecule has 1 N–H and O–H groups in total. The van der Waals surface area contributed by atoms with Gasteiger partial charge in [-0.15, -0.1) is 0 Å². The zero-order valence-electron chi connectivity index (χ0n) is 10.5. The second-order valence-electron chi connectivity index (χ2n) is 4.07. The summed E-state index contributed by atoms with van der Waals surface area (Å²) in [5.41, 5.74) is 3.52. The highest BCUT2D eigenvalue weighted by molar-refractivity contribution is 5.24. The molecule has 5 nitrogen and oxygen atoms in total. The first-order chi connectivity index (χ1) is 8.22.